The van der Waals surface area contributed by atoms with E-state index in [9.17, 15) is 0 Å². The number of fused-ring (bicyclic) bond motifs is 8. The fourth-order valence-corrected chi connectivity index (χ4v) is 12.7. The van der Waals surface area contributed by atoms with Crippen molar-refractivity contribution < 1.29 is 0 Å². The lowest BCUT2D eigenvalue weighted by Crippen LogP contribution is -2.57. The molecule has 8 aromatic carbocycles. The summed E-state index contributed by atoms with van der Waals surface area (Å²) in [5, 5.41) is 7.56. The maximum Gasteiger partial charge on any atom is 0.0833 e. The molecule has 294 valence electrons. The first-order chi connectivity index (χ1) is 29.8. The number of nitrogens with zero attached hydrogens (tertiary/aromatic N) is 2. The maximum absolute atomic E-state index is 2.66. The highest BCUT2D eigenvalue weighted by molar-refractivity contribution is 7.25. The molecule has 0 N–H and O–H groups in total. The molecule has 0 saturated heterocycles. The molecule has 2 heterocycles. The number of para-hydroxylation sites is 2. The predicted octanol–water partition coefficient (Wildman–Crippen LogP) is 16.2. The Kier molecular flexibility index (Phi) is 7.96. The van der Waals surface area contributed by atoms with Gasteiger partial charge in [0.1, 0.15) is 0 Å². The minimum atomic E-state index is -0.427. The van der Waals surface area contributed by atoms with Crippen molar-refractivity contribution in [1.82, 2.24) is 0 Å². The zero-order valence-corrected chi connectivity index (χ0v) is 35.7. The van der Waals surface area contributed by atoms with Gasteiger partial charge >= 0.3 is 0 Å². The molecular weight excluding hydrogens is 757 g/mol. The van der Waals surface area contributed by atoms with Crippen molar-refractivity contribution in [1.29, 1.82) is 0 Å². The van der Waals surface area contributed by atoms with Gasteiger partial charge in [0.2, 0.25) is 0 Å². The molecule has 4 unspecified atom stereocenters. The van der Waals surface area contributed by atoms with Crippen LogP contribution in [-0.2, 0) is 5.41 Å². The Morgan fingerprint density at radius 1 is 0.557 bits per heavy atom. The number of hydrogen-bond donors (Lipinski definition) is 0. The van der Waals surface area contributed by atoms with Gasteiger partial charge in [-0.25, -0.2) is 0 Å². The summed E-state index contributed by atoms with van der Waals surface area (Å²) in [6, 6.07) is 65.6. The Labute approximate surface area is 362 Å². The maximum atomic E-state index is 2.66. The summed E-state index contributed by atoms with van der Waals surface area (Å²) >= 11 is 1.87. The fraction of sp³-hybridized carbons (Fsp3) is 0.138. The molecule has 1 aliphatic heterocycles. The van der Waals surface area contributed by atoms with E-state index < -0.39 is 5.54 Å². The van der Waals surface area contributed by atoms with E-state index in [-0.39, 0.29) is 5.41 Å². The number of benzene rings is 8. The average molecular weight is 803 g/mol. The van der Waals surface area contributed by atoms with Crippen LogP contribution in [0.1, 0.15) is 38.8 Å². The molecule has 0 bridgehead atoms. The second kappa shape index (κ2) is 13.4. The quantitative estimate of drug-likeness (QED) is 0.126. The van der Waals surface area contributed by atoms with Crippen molar-refractivity contribution in [3.8, 4) is 0 Å². The molecule has 1 aromatic heterocycles. The summed E-state index contributed by atoms with van der Waals surface area (Å²) in [5.41, 5.74) is 12.2. The van der Waals surface area contributed by atoms with E-state index in [0.29, 0.717) is 11.8 Å². The first-order valence-corrected chi connectivity index (χ1v) is 22.5. The lowest BCUT2D eigenvalue weighted by atomic mass is 9.52. The average Bonchev–Trinajstić information content (AvgIpc) is 3.67. The van der Waals surface area contributed by atoms with Crippen molar-refractivity contribution in [3.05, 3.63) is 216 Å². The molecule has 0 fully saturated rings. The molecule has 2 aliphatic carbocycles. The lowest BCUT2D eigenvalue weighted by Gasteiger charge is -2.59. The van der Waals surface area contributed by atoms with Crippen molar-refractivity contribution in [2.75, 3.05) is 9.80 Å². The van der Waals surface area contributed by atoms with E-state index in [1.807, 2.05) is 11.3 Å². The van der Waals surface area contributed by atoms with E-state index >= 15 is 0 Å². The first-order valence-electron chi connectivity index (χ1n) is 21.7. The largest absolute Gasteiger partial charge is 0.328 e. The molecule has 3 aliphatic rings. The third kappa shape index (κ3) is 5.20. The number of thiophene rings is 1. The molecule has 12 rings (SSSR count). The van der Waals surface area contributed by atoms with Crippen LogP contribution in [0.3, 0.4) is 0 Å². The van der Waals surface area contributed by atoms with Crippen molar-refractivity contribution in [3.63, 3.8) is 0 Å². The Hall–Kier alpha value is -6.68. The Morgan fingerprint density at radius 2 is 1.25 bits per heavy atom. The molecule has 61 heavy (non-hydrogen) atoms. The Balaban J connectivity index is 1.13. The molecular formula is C58H46N2S. The molecule has 0 spiro atoms. The standard InChI is InChI=1S/C58H46N2S/c1-37-31-32-57(3)56-55(37)38(2)33-50(39-17-7-5-8-18-39)58(56,4)49-24-14-15-25-51(49)60(57)43-28-29-45-44-22-12-11-19-40(44)34-52(48(45)35-43)59(41-20-9-6-10-21-41)42-27-30-47-46-23-13-16-26-53(46)61-54(47)36-42/h5-38H,1-4H3. The number of hydrogen-bond acceptors (Lipinski definition) is 3. The van der Waals surface area contributed by atoms with Crippen LogP contribution in [0.25, 0.3) is 47.3 Å². The SMILES string of the molecule is CC1C=CC2(C)C3=C1C(C)C=C(c1ccccc1)C3(C)c1ccccc1N2c1ccc2c(c1)c(N(c1ccccc1)c1ccc3c(c1)sc1ccccc13)cc1ccccc12. The van der Waals surface area contributed by atoms with Crippen LogP contribution < -0.4 is 9.80 Å². The highest BCUT2D eigenvalue weighted by Gasteiger charge is 2.56. The highest BCUT2D eigenvalue weighted by atomic mass is 32.1. The number of anilines is 5. The van der Waals surface area contributed by atoms with Crippen LogP contribution in [0.15, 0.2) is 205 Å². The van der Waals surface area contributed by atoms with Crippen LogP contribution in [0.2, 0.25) is 0 Å². The summed E-state index contributed by atoms with van der Waals surface area (Å²) < 4.78 is 2.61. The third-order valence-corrected chi connectivity index (χ3v) is 15.3. The lowest BCUT2D eigenvalue weighted by molar-refractivity contribution is 0.468. The first kappa shape index (κ1) is 36.2. The zero-order chi connectivity index (χ0) is 41.0. The van der Waals surface area contributed by atoms with Gasteiger partial charge in [0.05, 0.1) is 11.2 Å². The summed E-state index contributed by atoms with van der Waals surface area (Å²) in [6.07, 6.45) is 7.56. The molecule has 9 aromatic rings. The van der Waals surface area contributed by atoms with Gasteiger partial charge in [0, 0.05) is 53.7 Å². The number of rotatable bonds is 5. The van der Waals surface area contributed by atoms with Gasteiger partial charge in [-0.05, 0) is 119 Å². The van der Waals surface area contributed by atoms with E-state index in [4.69, 9.17) is 0 Å². The van der Waals surface area contributed by atoms with Crippen molar-refractivity contribution in [2.24, 2.45) is 11.8 Å². The van der Waals surface area contributed by atoms with Gasteiger partial charge in [0.15, 0.2) is 0 Å². The zero-order valence-electron chi connectivity index (χ0n) is 34.9. The number of allylic oxidation sites excluding steroid dienone is 4. The van der Waals surface area contributed by atoms with Crippen LogP contribution in [-0.4, -0.2) is 5.54 Å². The topological polar surface area (TPSA) is 6.48 Å². The fourth-order valence-electron chi connectivity index (χ4n) is 11.6. The normalized spacial score (nSPS) is 21.8. The smallest absolute Gasteiger partial charge is 0.0833 e. The van der Waals surface area contributed by atoms with E-state index in [1.165, 1.54) is 75.4 Å². The molecule has 3 heteroatoms. The van der Waals surface area contributed by atoms with E-state index in [2.05, 4.69) is 232 Å². The summed E-state index contributed by atoms with van der Waals surface area (Å²) in [7, 11) is 0. The van der Waals surface area contributed by atoms with Crippen molar-refractivity contribution in [2.45, 2.75) is 38.6 Å². The monoisotopic (exact) mass is 802 g/mol. The summed E-state index contributed by atoms with van der Waals surface area (Å²) in [4.78, 5) is 5.14. The predicted molar refractivity (Wildman–Crippen MR) is 262 cm³/mol. The van der Waals surface area contributed by atoms with Gasteiger partial charge in [-0.2, -0.15) is 0 Å². The Bertz CT molecular complexity index is 3340. The van der Waals surface area contributed by atoms with Gasteiger partial charge in [-0.15, -0.1) is 11.3 Å². The van der Waals surface area contributed by atoms with Crippen LogP contribution in [0, 0.1) is 11.8 Å². The molecule has 0 amide bonds. The third-order valence-electron chi connectivity index (χ3n) is 14.1. The summed E-state index contributed by atoms with van der Waals surface area (Å²) in [6.45, 7) is 9.78. The second-order valence-electron chi connectivity index (χ2n) is 17.6. The van der Waals surface area contributed by atoms with E-state index in [0.717, 1.165) is 17.1 Å². The molecule has 4 atom stereocenters. The van der Waals surface area contributed by atoms with Crippen LogP contribution in [0.5, 0.6) is 0 Å². The van der Waals surface area contributed by atoms with Crippen LogP contribution in [0.4, 0.5) is 28.4 Å². The second-order valence-corrected chi connectivity index (χ2v) is 18.7. The Morgan fingerprint density at radius 3 is 2.08 bits per heavy atom. The van der Waals surface area contributed by atoms with Gasteiger partial charge in [-0.1, -0.05) is 159 Å². The van der Waals surface area contributed by atoms with Gasteiger partial charge in [-0.3, -0.25) is 0 Å². The van der Waals surface area contributed by atoms with Gasteiger partial charge in [0.25, 0.3) is 0 Å². The molecule has 0 radical (unpaired) electrons. The van der Waals surface area contributed by atoms with Crippen LogP contribution >= 0.6 is 11.3 Å². The minimum absolute atomic E-state index is 0.303. The summed E-state index contributed by atoms with van der Waals surface area (Å²) in [5.74, 6) is 0.641. The van der Waals surface area contributed by atoms with Gasteiger partial charge < -0.3 is 9.80 Å². The minimum Gasteiger partial charge on any atom is -0.328 e. The van der Waals surface area contributed by atoms with E-state index in [1.54, 1.807) is 5.57 Å². The molecule has 2 nitrogen and oxygen atoms in total. The van der Waals surface area contributed by atoms with Crippen molar-refractivity contribution >= 4 is 87.1 Å². The highest BCUT2D eigenvalue weighted by Crippen LogP contribution is 2.64. The molecule has 0 saturated carbocycles.